The first-order valence-electron chi connectivity index (χ1n) is 21.7. The van der Waals surface area contributed by atoms with Crippen LogP contribution < -0.4 is 29.6 Å². The summed E-state index contributed by atoms with van der Waals surface area (Å²) in [6.45, 7) is 11.4. The van der Waals surface area contributed by atoms with Gasteiger partial charge in [-0.15, -0.1) is 29.1 Å². The molecule has 4 aromatic heterocycles. The van der Waals surface area contributed by atoms with Gasteiger partial charge in [0.05, 0.1) is 37.3 Å². The summed E-state index contributed by atoms with van der Waals surface area (Å²) in [6, 6.07) is 11.5. The van der Waals surface area contributed by atoms with Gasteiger partial charge in [0.2, 0.25) is 10.3 Å². The van der Waals surface area contributed by atoms with E-state index in [2.05, 4.69) is 15.2 Å². The van der Waals surface area contributed by atoms with E-state index in [1.807, 2.05) is 34.0 Å². The Morgan fingerprint density at radius 3 is 1.53 bits per heavy atom. The number of carboxylic acid groups (broad SMARTS) is 1. The molecule has 0 spiro atoms. The fourth-order valence-electron chi connectivity index (χ4n) is 8.06. The molecule has 6 aromatic rings. The first-order valence-corrected chi connectivity index (χ1v) is 25.1. The monoisotopic (exact) mass is 1090 g/mol. The summed E-state index contributed by atoms with van der Waals surface area (Å²) in [5.41, 5.74) is 5.24. The van der Waals surface area contributed by atoms with Gasteiger partial charge in [0, 0.05) is 22.3 Å². The summed E-state index contributed by atoms with van der Waals surface area (Å²) in [4.78, 5) is 33.6. The number of benzene rings is 2. The number of nitrogens with zero attached hydrogens (tertiary/aromatic N) is 6. The van der Waals surface area contributed by atoms with Gasteiger partial charge < -0.3 is 15.4 Å². The number of carbonyl (C=O) groups is 1. The van der Waals surface area contributed by atoms with E-state index in [4.69, 9.17) is 4.98 Å². The number of aromatic nitrogens is 6. The van der Waals surface area contributed by atoms with Gasteiger partial charge in [0.1, 0.15) is 11.6 Å². The normalized spacial score (nSPS) is 15.9. The number of carbonyl (C=O) groups excluding carboxylic acids is 1. The number of thioether (sulfide) groups is 2. The number of aryl methyl sites for hydroxylation is 2. The summed E-state index contributed by atoms with van der Waals surface area (Å²) in [7, 11) is 0. The molecule has 0 amide bonds. The van der Waals surface area contributed by atoms with Crippen molar-refractivity contribution in [2.24, 2.45) is 11.8 Å². The standard InChI is InChI=1S/C24H23F4N3O2S2.C24H22F4N3OS2.CH4.Na.H2O/c1-12(2)34-22-19(14-7-9-16(10-8-14)24(26,27)28)29-23(35-22)31-20(21(32)33)18(13(3)30-31)15-5-4-6-17(25)11-15;1-13(2)33-22-21(15-7-9-17(10-8-15)24(26,27)28)29-23(34-22)31-19(12-32)20(14(3)30-31)16-5-4-6-18(25)11-16;;;/h4-7,11-12,16H,8-10H2,1-3H3,(H,32,33);4-7,11,13,17H,8-10H2,1-3H3;1H4;;1H2/q;-1;;+1;/p-1. The molecule has 0 saturated carbocycles. The number of allylic oxidation sites excluding steroid dienone is 4. The first-order chi connectivity index (χ1) is 32.5. The van der Waals surface area contributed by atoms with Gasteiger partial charge >= 0.3 is 47.9 Å². The quantitative estimate of drug-likeness (QED) is 0.0544. The average molecular weight is 1090 g/mol. The Balaban J connectivity index is 0.000000300. The second-order valence-electron chi connectivity index (χ2n) is 17.0. The number of hydrogen-bond acceptors (Lipinski definition) is 11. The molecule has 2 aliphatic carbocycles. The third-order valence-electron chi connectivity index (χ3n) is 11.2. The maximum absolute atomic E-state index is 13.9. The number of carboxylic acids is 1. The molecule has 72 heavy (non-hydrogen) atoms. The van der Waals surface area contributed by atoms with Crippen LogP contribution in [0, 0.1) is 37.3 Å². The number of hydrogen-bond donors (Lipinski definition) is 1. The van der Waals surface area contributed by atoms with E-state index in [9.17, 15) is 49.8 Å². The second-order valence-corrected chi connectivity index (χ2v) is 22.6. The van der Waals surface area contributed by atoms with Crippen molar-refractivity contribution in [2.45, 2.75) is 119 Å². The van der Waals surface area contributed by atoms with Crippen molar-refractivity contribution in [2.75, 3.05) is 0 Å². The first kappa shape index (κ1) is 60.4. The SMILES string of the molecule is C.Cc1nn(-c2nc(C3=CCC(C(F)(F)F)CC3)c(SC(C)C)s2)c(C(=O)O)c1-c1cccc(F)c1.Cc1nn(-c2nc(C3=CCC(C(F)(F)F)CC3)c(SC(C)C)s2)c([C-]=O)c1-c1cccc(F)c1.[Na+].[OH-]. The Morgan fingerprint density at radius 2 is 1.15 bits per heavy atom. The van der Waals surface area contributed by atoms with Gasteiger partial charge in [-0.05, 0) is 99.0 Å². The maximum atomic E-state index is 13.9. The van der Waals surface area contributed by atoms with Crippen LogP contribution in [0.25, 0.3) is 43.7 Å². The van der Waals surface area contributed by atoms with Gasteiger partial charge in [-0.2, -0.15) is 41.2 Å². The average Bonchev–Trinajstić information content (AvgIpc) is 4.05. The topological polar surface area (TPSA) is 146 Å². The molecule has 23 heteroatoms. The van der Waals surface area contributed by atoms with Gasteiger partial charge in [-0.1, -0.05) is 105 Å². The molecule has 0 saturated heterocycles. The van der Waals surface area contributed by atoms with E-state index in [0.29, 0.717) is 49.7 Å². The fraction of sp³-hybridized carbons (Fsp3) is 0.388. The zero-order valence-electron chi connectivity index (χ0n) is 39.4. The number of alkyl halides is 6. The minimum Gasteiger partial charge on any atom is -0.870 e. The van der Waals surface area contributed by atoms with E-state index < -0.39 is 41.8 Å². The molecule has 10 nitrogen and oxygen atoms in total. The predicted octanol–water partition coefficient (Wildman–Crippen LogP) is 12.0. The summed E-state index contributed by atoms with van der Waals surface area (Å²) in [5, 5.41) is 20.0. The number of thiazole rings is 2. The van der Waals surface area contributed by atoms with Gasteiger partial charge in [0.15, 0.2) is 5.69 Å². The van der Waals surface area contributed by atoms with Crippen LogP contribution in [0.3, 0.4) is 0 Å². The van der Waals surface area contributed by atoms with Gasteiger partial charge in [-0.3, -0.25) is 0 Å². The number of halogens is 8. The Bertz CT molecular complexity index is 2940. The minimum absolute atomic E-state index is 0. The zero-order valence-corrected chi connectivity index (χ0v) is 44.6. The van der Waals surface area contributed by atoms with E-state index >= 15 is 0 Å². The third kappa shape index (κ3) is 13.8. The molecule has 0 aliphatic heterocycles. The fourth-order valence-corrected chi connectivity index (χ4v) is 13.1. The van der Waals surface area contributed by atoms with Crippen molar-refractivity contribution >= 4 is 69.6 Å². The minimum atomic E-state index is -4.24. The summed E-state index contributed by atoms with van der Waals surface area (Å²) in [6.07, 6.45) is -2.97. The molecule has 382 valence electrons. The van der Waals surface area contributed by atoms with Crippen molar-refractivity contribution in [3.63, 3.8) is 0 Å². The van der Waals surface area contributed by atoms with E-state index in [-0.39, 0.29) is 108 Å². The van der Waals surface area contributed by atoms with Crippen LogP contribution >= 0.6 is 46.2 Å². The zero-order chi connectivity index (χ0) is 50.1. The summed E-state index contributed by atoms with van der Waals surface area (Å²) in [5.74, 6) is -4.89. The molecule has 2 aromatic carbocycles. The third-order valence-corrected chi connectivity index (χ3v) is 15.7. The molecule has 2 atom stereocenters. The van der Waals surface area contributed by atoms with Crippen LogP contribution in [0.4, 0.5) is 35.1 Å². The van der Waals surface area contributed by atoms with Crippen LogP contribution in [0.15, 0.2) is 69.1 Å². The van der Waals surface area contributed by atoms with Crippen molar-refractivity contribution in [1.29, 1.82) is 0 Å². The second kappa shape index (κ2) is 24.9. The molecule has 4 heterocycles. The molecular weight excluding hydrogens is 1040 g/mol. The van der Waals surface area contributed by atoms with E-state index in [1.165, 1.54) is 74.1 Å². The molecule has 0 fully saturated rings. The van der Waals surface area contributed by atoms with Crippen LogP contribution in [-0.4, -0.2) is 75.2 Å². The van der Waals surface area contributed by atoms with Crippen molar-refractivity contribution < 1.29 is 84.9 Å². The van der Waals surface area contributed by atoms with E-state index in [0.717, 1.165) is 19.6 Å². The number of rotatable bonds is 12. The largest absolute Gasteiger partial charge is 1.00 e. The molecule has 2 aliphatic rings. The van der Waals surface area contributed by atoms with E-state index in [1.54, 1.807) is 56.0 Å². The van der Waals surface area contributed by atoms with Crippen molar-refractivity contribution in [3.8, 4) is 32.5 Å². The van der Waals surface area contributed by atoms with Crippen LogP contribution in [0.1, 0.15) is 113 Å². The van der Waals surface area contributed by atoms with Gasteiger partial charge in [-0.25, -0.2) is 28.2 Å². The number of aromatic carboxylic acids is 1. The van der Waals surface area contributed by atoms with Crippen LogP contribution in [0.5, 0.6) is 0 Å². The molecule has 0 radical (unpaired) electrons. The Hall–Kier alpha value is -4.16. The maximum Gasteiger partial charge on any atom is 1.00 e. The smallest absolute Gasteiger partial charge is 0.870 e. The van der Waals surface area contributed by atoms with Gasteiger partial charge in [0.25, 0.3) is 0 Å². The Morgan fingerprint density at radius 1 is 0.736 bits per heavy atom. The molecule has 8 rings (SSSR count). The molecular formula is C49H50F8N6NaO4S4-. The molecule has 2 unspecified atom stereocenters. The summed E-state index contributed by atoms with van der Waals surface area (Å²) < 4.78 is 111. The van der Waals surface area contributed by atoms with Crippen molar-refractivity contribution in [3.05, 3.63) is 106 Å². The molecule has 2 N–H and O–H groups in total. The Labute approximate surface area is 450 Å². The van der Waals surface area contributed by atoms with Crippen LogP contribution in [0.2, 0.25) is 0 Å². The van der Waals surface area contributed by atoms with Crippen molar-refractivity contribution in [1.82, 2.24) is 29.5 Å². The molecule has 0 bridgehead atoms. The Kier molecular flexibility index (Phi) is 20.9. The predicted molar refractivity (Wildman–Crippen MR) is 264 cm³/mol. The summed E-state index contributed by atoms with van der Waals surface area (Å²) >= 11 is 5.66. The van der Waals surface area contributed by atoms with Crippen LogP contribution in [-0.2, 0) is 4.79 Å².